The predicted molar refractivity (Wildman–Crippen MR) is 109 cm³/mol. The smallest absolute Gasteiger partial charge is 0.307 e. The minimum absolute atomic E-state index is 0.0439. The van der Waals surface area contributed by atoms with E-state index in [-0.39, 0.29) is 18.9 Å². The normalized spacial score (nSPS) is 11.3. The molecule has 0 saturated heterocycles. The molecule has 156 valence electrons. The van der Waals surface area contributed by atoms with Crippen LogP contribution in [0.5, 0.6) is 17.2 Å². The second-order valence-electron chi connectivity index (χ2n) is 6.21. The summed E-state index contributed by atoms with van der Waals surface area (Å²) in [6.45, 7) is 1.63. The van der Waals surface area contributed by atoms with Gasteiger partial charge >= 0.3 is 5.97 Å². The molecule has 0 fully saturated rings. The van der Waals surface area contributed by atoms with Gasteiger partial charge in [0.1, 0.15) is 5.75 Å². The molecule has 1 N–H and O–H groups in total. The standard InChI is InChI=1S/C21H24ClNO6/c1-13-9-15(6-7-16(13)22)29-12-20(24)23-17(11-21(25)28-4)14-5-8-18(26-2)19(10-14)27-3/h5-10,17H,11-12H2,1-4H3,(H,23,24). The average molecular weight is 422 g/mol. The third-order valence-electron chi connectivity index (χ3n) is 4.24. The molecular weight excluding hydrogens is 398 g/mol. The first-order chi connectivity index (χ1) is 13.9. The number of aryl methyl sites for hydroxylation is 1. The van der Waals surface area contributed by atoms with E-state index in [1.807, 2.05) is 6.92 Å². The summed E-state index contributed by atoms with van der Waals surface area (Å²) in [5, 5.41) is 3.42. The number of benzene rings is 2. The molecule has 2 aromatic carbocycles. The van der Waals surface area contributed by atoms with Gasteiger partial charge in [-0.25, -0.2) is 0 Å². The zero-order valence-corrected chi connectivity index (χ0v) is 17.5. The van der Waals surface area contributed by atoms with E-state index in [0.29, 0.717) is 27.8 Å². The Morgan fingerprint density at radius 3 is 2.38 bits per heavy atom. The minimum atomic E-state index is -0.620. The molecule has 0 saturated carbocycles. The molecule has 29 heavy (non-hydrogen) atoms. The van der Waals surface area contributed by atoms with E-state index in [1.165, 1.54) is 21.3 Å². The van der Waals surface area contributed by atoms with Gasteiger partial charge in [-0.05, 0) is 48.4 Å². The van der Waals surface area contributed by atoms with E-state index in [2.05, 4.69) is 5.32 Å². The van der Waals surface area contributed by atoms with Gasteiger partial charge in [0, 0.05) is 5.02 Å². The molecule has 2 aromatic rings. The number of nitrogens with one attached hydrogen (secondary N) is 1. The molecule has 1 unspecified atom stereocenters. The topological polar surface area (TPSA) is 83.1 Å². The van der Waals surface area contributed by atoms with Crippen LogP contribution < -0.4 is 19.5 Å². The van der Waals surface area contributed by atoms with E-state index < -0.39 is 12.0 Å². The third-order valence-corrected chi connectivity index (χ3v) is 4.67. The van der Waals surface area contributed by atoms with Gasteiger partial charge in [-0.15, -0.1) is 0 Å². The number of methoxy groups -OCH3 is 3. The molecule has 0 spiro atoms. The molecule has 2 rings (SSSR count). The fourth-order valence-corrected chi connectivity index (χ4v) is 2.78. The Morgan fingerprint density at radius 1 is 1.03 bits per heavy atom. The van der Waals surface area contributed by atoms with E-state index in [4.69, 9.17) is 30.5 Å². The van der Waals surface area contributed by atoms with Crippen LogP contribution in [-0.4, -0.2) is 39.8 Å². The van der Waals surface area contributed by atoms with Gasteiger partial charge in [0.25, 0.3) is 5.91 Å². The Labute approximate surface area is 174 Å². The van der Waals surface area contributed by atoms with Crippen molar-refractivity contribution in [2.75, 3.05) is 27.9 Å². The Bertz CT molecular complexity index is 870. The number of hydrogen-bond acceptors (Lipinski definition) is 6. The Morgan fingerprint density at radius 2 is 1.76 bits per heavy atom. The van der Waals surface area contributed by atoms with E-state index in [0.717, 1.165) is 5.56 Å². The lowest BCUT2D eigenvalue weighted by molar-refractivity contribution is -0.141. The van der Waals surface area contributed by atoms with E-state index in [1.54, 1.807) is 36.4 Å². The number of halogens is 1. The molecule has 7 nitrogen and oxygen atoms in total. The quantitative estimate of drug-likeness (QED) is 0.624. The van der Waals surface area contributed by atoms with Crippen LogP contribution in [-0.2, 0) is 14.3 Å². The summed E-state index contributed by atoms with van der Waals surface area (Å²) in [7, 11) is 4.33. The maximum absolute atomic E-state index is 12.4. The largest absolute Gasteiger partial charge is 0.493 e. The van der Waals surface area contributed by atoms with Crippen LogP contribution in [0.2, 0.25) is 5.02 Å². The zero-order chi connectivity index (χ0) is 21.4. The molecule has 0 radical (unpaired) electrons. The monoisotopic (exact) mass is 421 g/mol. The third kappa shape index (κ3) is 6.29. The molecule has 0 aliphatic carbocycles. The molecule has 0 aliphatic rings. The van der Waals surface area contributed by atoms with Crippen LogP contribution in [0.4, 0.5) is 0 Å². The van der Waals surface area contributed by atoms with Crippen LogP contribution in [0.1, 0.15) is 23.6 Å². The van der Waals surface area contributed by atoms with Crippen LogP contribution >= 0.6 is 11.6 Å². The molecule has 0 bridgehead atoms. The van der Waals surface area contributed by atoms with Crippen molar-refractivity contribution >= 4 is 23.5 Å². The fourth-order valence-electron chi connectivity index (χ4n) is 2.66. The Hall–Kier alpha value is -2.93. The summed E-state index contributed by atoms with van der Waals surface area (Å²) >= 11 is 5.99. The van der Waals surface area contributed by atoms with Crippen LogP contribution in [0.3, 0.4) is 0 Å². The number of ether oxygens (including phenoxy) is 4. The highest BCUT2D eigenvalue weighted by Gasteiger charge is 2.21. The van der Waals surface area contributed by atoms with Crippen LogP contribution in [0.15, 0.2) is 36.4 Å². The average Bonchev–Trinajstić information content (AvgIpc) is 2.73. The summed E-state index contributed by atoms with van der Waals surface area (Å²) in [4.78, 5) is 24.3. The lowest BCUT2D eigenvalue weighted by Gasteiger charge is -2.20. The highest BCUT2D eigenvalue weighted by Crippen LogP contribution is 2.31. The highest BCUT2D eigenvalue weighted by molar-refractivity contribution is 6.31. The molecule has 0 aromatic heterocycles. The van der Waals surface area contributed by atoms with Gasteiger partial charge in [0.2, 0.25) is 0 Å². The number of amides is 1. The van der Waals surface area contributed by atoms with Crippen LogP contribution in [0.25, 0.3) is 0 Å². The maximum atomic E-state index is 12.4. The molecule has 1 atom stereocenters. The maximum Gasteiger partial charge on any atom is 0.307 e. The van der Waals surface area contributed by atoms with Gasteiger partial charge in [-0.3, -0.25) is 9.59 Å². The lowest BCUT2D eigenvalue weighted by atomic mass is 10.0. The summed E-state index contributed by atoms with van der Waals surface area (Å²) in [6.07, 6.45) is -0.0439. The molecule has 0 aliphatic heterocycles. The van der Waals surface area contributed by atoms with Gasteiger partial charge in [0.05, 0.1) is 33.8 Å². The lowest BCUT2D eigenvalue weighted by Crippen LogP contribution is -2.34. The molecule has 0 heterocycles. The first kappa shape index (κ1) is 22.4. The van der Waals surface area contributed by atoms with Gasteiger partial charge in [-0.1, -0.05) is 17.7 Å². The fraction of sp³-hybridized carbons (Fsp3) is 0.333. The van der Waals surface area contributed by atoms with Crippen molar-refractivity contribution in [3.8, 4) is 17.2 Å². The van der Waals surface area contributed by atoms with Gasteiger partial charge < -0.3 is 24.3 Å². The number of hydrogen-bond donors (Lipinski definition) is 1. The summed E-state index contributed by atoms with van der Waals surface area (Å²) in [5.41, 5.74) is 1.52. The van der Waals surface area contributed by atoms with Crippen molar-refractivity contribution in [3.63, 3.8) is 0 Å². The van der Waals surface area contributed by atoms with E-state index in [9.17, 15) is 9.59 Å². The first-order valence-electron chi connectivity index (χ1n) is 8.85. The SMILES string of the molecule is COC(=O)CC(NC(=O)COc1ccc(Cl)c(C)c1)c1ccc(OC)c(OC)c1. The Kier molecular flexibility index (Phi) is 8.15. The predicted octanol–water partition coefficient (Wildman–Crippen LogP) is 3.47. The summed E-state index contributed by atoms with van der Waals surface area (Å²) in [6, 6.07) is 9.67. The zero-order valence-electron chi connectivity index (χ0n) is 16.8. The number of carbonyl (C=O) groups is 2. The van der Waals surface area contributed by atoms with Crippen molar-refractivity contribution in [2.45, 2.75) is 19.4 Å². The minimum Gasteiger partial charge on any atom is -0.493 e. The number of carbonyl (C=O) groups excluding carboxylic acids is 2. The Balaban J connectivity index is 2.12. The first-order valence-corrected chi connectivity index (χ1v) is 9.22. The highest BCUT2D eigenvalue weighted by atomic mass is 35.5. The molecule has 8 heteroatoms. The van der Waals surface area contributed by atoms with Crippen molar-refractivity contribution in [2.24, 2.45) is 0 Å². The second-order valence-corrected chi connectivity index (χ2v) is 6.62. The van der Waals surface area contributed by atoms with Crippen molar-refractivity contribution < 1.29 is 28.5 Å². The van der Waals surface area contributed by atoms with Crippen LogP contribution in [0, 0.1) is 6.92 Å². The van der Waals surface area contributed by atoms with Crippen molar-refractivity contribution in [1.82, 2.24) is 5.32 Å². The van der Waals surface area contributed by atoms with Crippen molar-refractivity contribution in [3.05, 3.63) is 52.5 Å². The van der Waals surface area contributed by atoms with Gasteiger partial charge in [-0.2, -0.15) is 0 Å². The van der Waals surface area contributed by atoms with Crippen molar-refractivity contribution in [1.29, 1.82) is 0 Å². The summed E-state index contributed by atoms with van der Waals surface area (Å²) in [5.74, 6) is 0.709. The molecule has 1 amide bonds. The van der Waals surface area contributed by atoms with E-state index >= 15 is 0 Å². The summed E-state index contributed by atoms with van der Waals surface area (Å²) < 4.78 is 20.8. The number of esters is 1. The number of rotatable bonds is 9. The second kappa shape index (κ2) is 10.6. The van der Waals surface area contributed by atoms with Gasteiger partial charge in [0.15, 0.2) is 18.1 Å². The molecular formula is C21H24ClNO6.